The molecule has 0 spiro atoms. The van der Waals surface area contributed by atoms with Gasteiger partial charge in [-0.25, -0.2) is 0 Å². The lowest BCUT2D eigenvalue weighted by Crippen LogP contribution is -2.41. The molecule has 25 heavy (non-hydrogen) atoms. The number of carbonyl (C=O) groups is 2. The number of nitrogens with zero attached hydrogens (tertiary/aromatic N) is 2. The van der Waals surface area contributed by atoms with Gasteiger partial charge in [0.25, 0.3) is 5.91 Å². The van der Waals surface area contributed by atoms with Gasteiger partial charge in [-0.05, 0) is 42.9 Å². The molecule has 1 aliphatic rings. The zero-order valence-corrected chi connectivity index (χ0v) is 14.6. The summed E-state index contributed by atoms with van der Waals surface area (Å²) in [5.41, 5.74) is 1.35. The van der Waals surface area contributed by atoms with Crippen molar-refractivity contribution in [1.29, 1.82) is 0 Å². The van der Waals surface area contributed by atoms with Gasteiger partial charge >= 0.3 is 0 Å². The highest BCUT2D eigenvalue weighted by molar-refractivity contribution is 5.94. The number of hydrogen-bond donors (Lipinski definition) is 0. The molecule has 2 aromatic rings. The van der Waals surface area contributed by atoms with Gasteiger partial charge in [0.1, 0.15) is 0 Å². The highest BCUT2D eigenvalue weighted by Gasteiger charge is 2.24. The van der Waals surface area contributed by atoms with E-state index in [1.165, 1.54) is 16.7 Å². The second-order valence-corrected chi connectivity index (χ2v) is 6.56. The second-order valence-electron chi connectivity index (χ2n) is 6.56. The van der Waals surface area contributed by atoms with Gasteiger partial charge in [-0.1, -0.05) is 30.3 Å². The number of amides is 2. The van der Waals surface area contributed by atoms with E-state index in [0.29, 0.717) is 5.92 Å². The van der Waals surface area contributed by atoms with E-state index in [1.807, 2.05) is 11.0 Å². The van der Waals surface area contributed by atoms with Crippen molar-refractivity contribution in [2.45, 2.75) is 25.2 Å². The molecule has 5 nitrogen and oxygen atoms in total. The summed E-state index contributed by atoms with van der Waals surface area (Å²) in [6.45, 7) is 1.57. The predicted molar refractivity (Wildman–Crippen MR) is 95.3 cm³/mol. The van der Waals surface area contributed by atoms with Crippen molar-refractivity contribution in [3.05, 3.63) is 60.1 Å². The quantitative estimate of drug-likeness (QED) is 0.859. The van der Waals surface area contributed by atoms with Crippen LogP contribution < -0.4 is 0 Å². The second kappa shape index (κ2) is 8.01. The monoisotopic (exact) mass is 340 g/mol. The summed E-state index contributed by atoms with van der Waals surface area (Å²) < 4.78 is 5.11. The van der Waals surface area contributed by atoms with Gasteiger partial charge in [0, 0.05) is 20.1 Å². The van der Waals surface area contributed by atoms with Crippen molar-refractivity contribution in [2.75, 3.05) is 26.7 Å². The molecule has 2 amide bonds. The Morgan fingerprint density at radius 1 is 1.12 bits per heavy atom. The summed E-state index contributed by atoms with van der Waals surface area (Å²) in [7, 11) is 1.63. The molecule has 3 rings (SSSR count). The third kappa shape index (κ3) is 4.29. The fourth-order valence-corrected chi connectivity index (χ4v) is 3.37. The zero-order chi connectivity index (χ0) is 17.6. The maximum atomic E-state index is 12.6. The van der Waals surface area contributed by atoms with Crippen LogP contribution in [-0.4, -0.2) is 48.3 Å². The minimum Gasteiger partial charge on any atom is -0.459 e. The highest BCUT2D eigenvalue weighted by atomic mass is 16.3. The predicted octanol–water partition coefficient (Wildman–Crippen LogP) is 3.15. The van der Waals surface area contributed by atoms with Crippen LogP contribution in [0.1, 0.15) is 41.3 Å². The largest absolute Gasteiger partial charge is 0.459 e. The minimum absolute atomic E-state index is 0.00359. The van der Waals surface area contributed by atoms with E-state index in [4.69, 9.17) is 4.42 Å². The van der Waals surface area contributed by atoms with Gasteiger partial charge in [0.2, 0.25) is 5.91 Å². The molecule has 1 saturated heterocycles. The maximum Gasteiger partial charge on any atom is 0.289 e. The molecule has 0 saturated carbocycles. The molecule has 1 atom stereocenters. The third-order valence-corrected chi connectivity index (χ3v) is 4.80. The summed E-state index contributed by atoms with van der Waals surface area (Å²) >= 11 is 0. The Labute approximate surface area is 148 Å². The van der Waals surface area contributed by atoms with Crippen LogP contribution in [0.2, 0.25) is 0 Å². The normalized spacial score (nSPS) is 17.8. The van der Waals surface area contributed by atoms with E-state index in [0.717, 1.165) is 32.4 Å². The molecule has 0 aliphatic carbocycles. The number of furan rings is 1. The smallest absolute Gasteiger partial charge is 0.289 e. The van der Waals surface area contributed by atoms with E-state index in [9.17, 15) is 9.59 Å². The first-order chi connectivity index (χ1) is 12.1. The Morgan fingerprint density at radius 3 is 2.64 bits per heavy atom. The molecule has 0 radical (unpaired) electrons. The van der Waals surface area contributed by atoms with Crippen molar-refractivity contribution < 1.29 is 14.0 Å². The van der Waals surface area contributed by atoms with Gasteiger partial charge in [0.15, 0.2) is 5.76 Å². The van der Waals surface area contributed by atoms with Crippen LogP contribution in [0.4, 0.5) is 0 Å². The van der Waals surface area contributed by atoms with Crippen LogP contribution >= 0.6 is 0 Å². The van der Waals surface area contributed by atoms with E-state index in [1.54, 1.807) is 19.2 Å². The summed E-state index contributed by atoms with van der Waals surface area (Å²) in [6, 6.07) is 13.8. The molecule has 1 aliphatic heterocycles. The van der Waals surface area contributed by atoms with E-state index in [-0.39, 0.29) is 24.1 Å². The number of likely N-dealkylation sites (N-methyl/N-ethyl adjacent to an activating group) is 1. The molecule has 132 valence electrons. The molecule has 1 fully saturated rings. The molecular weight excluding hydrogens is 316 g/mol. The Hall–Kier alpha value is -2.56. The summed E-state index contributed by atoms with van der Waals surface area (Å²) in [6.07, 6.45) is 4.50. The van der Waals surface area contributed by atoms with Crippen molar-refractivity contribution >= 4 is 11.8 Å². The first-order valence-corrected chi connectivity index (χ1v) is 8.77. The van der Waals surface area contributed by atoms with Crippen LogP contribution in [-0.2, 0) is 4.79 Å². The minimum atomic E-state index is -0.268. The maximum absolute atomic E-state index is 12.6. The first kappa shape index (κ1) is 17.3. The van der Waals surface area contributed by atoms with Crippen LogP contribution in [0, 0.1) is 0 Å². The van der Waals surface area contributed by atoms with Gasteiger partial charge in [-0.15, -0.1) is 0 Å². The average molecular weight is 340 g/mol. The first-order valence-electron chi connectivity index (χ1n) is 8.77. The Bertz CT molecular complexity index is 697. The van der Waals surface area contributed by atoms with Gasteiger partial charge in [-0.3, -0.25) is 9.59 Å². The Kier molecular flexibility index (Phi) is 5.53. The molecule has 1 aromatic carbocycles. The van der Waals surface area contributed by atoms with Gasteiger partial charge in [0.05, 0.1) is 12.8 Å². The molecular formula is C20H24N2O3. The van der Waals surface area contributed by atoms with Crippen molar-refractivity contribution in [3.8, 4) is 0 Å². The topological polar surface area (TPSA) is 53.8 Å². The van der Waals surface area contributed by atoms with Crippen LogP contribution in [0.5, 0.6) is 0 Å². The summed E-state index contributed by atoms with van der Waals surface area (Å²) in [5, 5.41) is 0. The van der Waals surface area contributed by atoms with Crippen LogP contribution in [0.25, 0.3) is 0 Å². The van der Waals surface area contributed by atoms with Crippen molar-refractivity contribution in [2.24, 2.45) is 0 Å². The standard InChI is InChI=1S/C20H24N2O3/c1-21(20(24)18-10-6-14-25-18)15-19(23)22-12-5-9-17(11-13-22)16-7-3-2-4-8-16/h2-4,6-8,10,14,17H,5,9,11-13,15H2,1H3. The van der Waals surface area contributed by atoms with Crippen molar-refractivity contribution in [1.82, 2.24) is 9.80 Å². The number of benzene rings is 1. The third-order valence-electron chi connectivity index (χ3n) is 4.80. The summed E-state index contributed by atoms with van der Waals surface area (Å²) in [5.74, 6) is 0.489. The molecule has 0 bridgehead atoms. The highest BCUT2D eigenvalue weighted by Crippen LogP contribution is 2.27. The number of likely N-dealkylation sites (tertiary alicyclic amines) is 1. The van der Waals surface area contributed by atoms with Crippen LogP contribution in [0.15, 0.2) is 53.1 Å². The number of rotatable bonds is 4. The molecule has 0 N–H and O–H groups in total. The average Bonchev–Trinajstić information content (AvgIpc) is 3.05. The molecule has 5 heteroatoms. The molecule has 1 unspecified atom stereocenters. The van der Waals surface area contributed by atoms with E-state index in [2.05, 4.69) is 24.3 Å². The zero-order valence-electron chi connectivity index (χ0n) is 14.6. The lowest BCUT2D eigenvalue weighted by Gasteiger charge is -2.24. The van der Waals surface area contributed by atoms with Crippen molar-refractivity contribution in [3.63, 3.8) is 0 Å². The molecule has 1 aromatic heterocycles. The fourth-order valence-electron chi connectivity index (χ4n) is 3.37. The molecule has 2 heterocycles. The lowest BCUT2D eigenvalue weighted by molar-refractivity contribution is -0.131. The fraction of sp³-hybridized carbons (Fsp3) is 0.400. The number of carbonyl (C=O) groups excluding carboxylic acids is 2. The number of hydrogen-bond acceptors (Lipinski definition) is 3. The Morgan fingerprint density at radius 2 is 1.92 bits per heavy atom. The SMILES string of the molecule is CN(CC(=O)N1CCCC(c2ccccc2)CC1)C(=O)c1ccco1. The van der Waals surface area contributed by atoms with E-state index < -0.39 is 0 Å². The Balaban J connectivity index is 1.55. The lowest BCUT2D eigenvalue weighted by atomic mass is 9.92. The van der Waals surface area contributed by atoms with E-state index >= 15 is 0 Å². The van der Waals surface area contributed by atoms with Gasteiger partial charge in [-0.2, -0.15) is 0 Å². The summed E-state index contributed by atoms with van der Waals surface area (Å²) in [4.78, 5) is 28.1. The van der Waals surface area contributed by atoms with Gasteiger partial charge < -0.3 is 14.2 Å². The van der Waals surface area contributed by atoms with Crippen LogP contribution in [0.3, 0.4) is 0 Å².